The highest BCUT2D eigenvalue weighted by Gasteiger charge is 2.23. The fourth-order valence-corrected chi connectivity index (χ4v) is 4.42. The highest BCUT2D eigenvalue weighted by atomic mass is 35.5. The van der Waals surface area contributed by atoms with Gasteiger partial charge in [0.2, 0.25) is 0 Å². The fraction of sp³-hybridized carbons (Fsp3) is 0.190. The molecule has 0 atom stereocenters. The van der Waals surface area contributed by atoms with Crippen LogP contribution in [0, 0.1) is 0 Å². The van der Waals surface area contributed by atoms with Crippen LogP contribution in [0.25, 0.3) is 11.3 Å². The van der Waals surface area contributed by atoms with Gasteiger partial charge in [0.25, 0.3) is 15.9 Å². The number of carbonyl (C=O) groups is 1. The van der Waals surface area contributed by atoms with E-state index in [1.54, 1.807) is 32.4 Å². The van der Waals surface area contributed by atoms with Crippen LogP contribution < -0.4 is 5.32 Å². The molecule has 8 heteroatoms. The van der Waals surface area contributed by atoms with Gasteiger partial charge in [-0.2, -0.15) is 0 Å². The van der Waals surface area contributed by atoms with Crippen molar-refractivity contribution in [2.24, 2.45) is 0 Å². The number of nitrogens with zero attached hydrogens (tertiary/aromatic N) is 2. The predicted octanol–water partition coefficient (Wildman–Crippen LogP) is 3.24. The molecule has 2 aromatic carbocycles. The van der Waals surface area contributed by atoms with E-state index in [0.717, 1.165) is 11.1 Å². The number of carbonyl (C=O) groups excluding carboxylic acids is 1. The summed E-state index contributed by atoms with van der Waals surface area (Å²) in [7, 11) is 1.19. The van der Waals surface area contributed by atoms with Crippen LogP contribution in [0.4, 0.5) is 0 Å². The number of aromatic nitrogens is 1. The standard InChI is InChI=1S/C21H23N3O3S.ClH/c1-22-14-16-12-20(17-8-5-4-6-9-17)24(15-16)28(26,27)19-11-7-10-18(13-19)21(25)23(2)3;/h4-13,15,22H,14H2,1-3H3;1H. The summed E-state index contributed by atoms with van der Waals surface area (Å²) in [5.41, 5.74) is 2.56. The molecule has 0 aliphatic heterocycles. The molecule has 3 aromatic rings. The van der Waals surface area contributed by atoms with E-state index >= 15 is 0 Å². The quantitative estimate of drug-likeness (QED) is 0.647. The molecule has 1 aromatic heterocycles. The van der Waals surface area contributed by atoms with Crippen molar-refractivity contribution in [3.05, 3.63) is 78.0 Å². The van der Waals surface area contributed by atoms with E-state index in [4.69, 9.17) is 0 Å². The minimum Gasteiger partial charge on any atom is -0.345 e. The topological polar surface area (TPSA) is 71.4 Å². The maximum atomic E-state index is 13.4. The summed E-state index contributed by atoms with van der Waals surface area (Å²) >= 11 is 0. The second-order valence-electron chi connectivity index (χ2n) is 6.66. The van der Waals surface area contributed by atoms with Crippen molar-refractivity contribution in [2.75, 3.05) is 21.1 Å². The molecule has 0 saturated carbocycles. The highest BCUT2D eigenvalue weighted by Crippen LogP contribution is 2.27. The average Bonchev–Trinajstić information content (AvgIpc) is 3.13. The molecule has 0 bridgehead atoms. The van der Waals surface area contributed by atoms with Gasteiger partial charge in [0, 0.05) is 32.4 Å². The van der Waals surface area contributed by atoms with Crippen LogP contribution >= 0.6 is 12.4 Å². The second kappa shape index (κ2) is 9.26. The molecule has 0 fully saturated rings. The van der Waals surface area contributed by atoms with Crippen molar-refractivity contribution in [1.29, 1.82) is 0 Å². The Hall–Kier alpha value is -2.61. The summed E-state index contributed by atoms with van der Waals surface area (Å²) in [4.78, 5) is 13.7. The number of hydrogen-bond acceptors (Lipinski definition) is 4. The second-order valence-corrected chi connectivity index (χ2v) is 8.47. The summed E-state index contributed by atoms with van der Waals surface area (Å²) in [5, 5.41) is 3.05. The first-order chi connectivity index (χ1) is 13.3. The van der Waals surface area contributed by atoms with Gasteiger partial charge in [-0.05, 0) is 42.4 Å². The zero-order valence-corrected chi connectivity index (χ0v) is 18.1. The van der Waals surface area contributed by atoms with E-state index in [1.807, 2.05) is 43.4 Å². The van der Waals surface area contributed by atoms with E-state index < -0.39 is 10.0 Å². The number of halogens is 1. The van der Waals surface area contributed by atoms with E-state index in [0.29, 0.717) is 17.8 Å². The predicted molar refractivity (Wildman–Crippen MR) is 117 cm³/mol. The molecule has 154 valence electrons. The minimum atomic E-state index is -3.88. The van der Waals surface area contributed by atoms with Crippen LogP contribution in [0.1, 0.15) is 15.9 Å². The summed E-state index contributed by atoms with van der Waals surface area (Å²) in [6.45, 7) is 0.543. The molecular formula is C21H24ClN3O3S. The van der Waals surface area contributed by atoms with Gasteiger partial charge in [0.15, 0.2) is 0 Å². The zero-order valence-electron chi connectivity index (χ0n) is 16.5. The minimum absolute atomic E-state index is 0. The van der Waals surface area contributed by atoms with Gasteiger partial charge in [-0.25, -0.2) is 12.4 Å². The third kappa shape index (κ3) is 4.70. The lowest BCUT2D eigenvalue weighted by Crippen LogP contribution is -2.22. The molecule has 6 nitrogen and oxygen atoms in total. The maximum absolute atomic E-state index is 13.4. The number of benzene rings is 2. The largest absolute Gasteiger partial charge is 0.345 e. The summed E-state index contributed by atoms with van der Waals surface area (Å²) in [6, 6.07) is 17.4. The van der Waals surface area contributed by atoms with Crippen molar-refractivity contribution < 1.29 is 13.2 Å². The number of nitrogens with one attached hydrogen (secondary N) is 1. The van der Waals surface area contributed by atoms with Gasteiger partial charge >= 0.3 is 0 Å². The SMILES string of the molecule is CNCc1cc(-c2ccccc2)n(S(=O)(=O)c2cccc(C(=O)N(C)C)c2)c1.Cl. The highest BCUT2D eigenvalue weighted by molar-refractivity contribution is 7.90. The van der Waals surface area contributed by atoms with E-state index in [-0.39, 0.29) is 23.2 Å². The molecule has 1 heterocycles. The maximum Gasteiger partial charge on any atom is 0.268 e. The fourth-order valence-electron chi connectivity index (χ4n) is 2.98. The molecule has 1 N–H and O–H groups in total. The van der Waals surface area contributed by atoms with Crippen LogP contribution in [0.15, 0.2) is 71.8 Å². The van der Waals surface area contributed by atoms with E-state index in [9.17, 15) is 13.2 Å². The molecular weight excluding hydrogens is 410 g/mol. The lowest BCUT2D eigenvalue weighted by molar-refractivity contribution is 0.0827. The first-order valence-corrected chi connectivity index (χ1v) is 10.3. The van der Waals surface area contributed by atoms with Crippen molar-refractivity contribution in [1.82, 2.24) is 14.2 Å². The van der Waals surface area contributed by atoms with E-state index in [2.05, 4.69) is 5.32 Å². The van der Waals surface area contributed by atoms with Gasteiger partial charge in [-0.15, -0.1) is 12.4 Å². The normalized spacial score (nSPS) is 11.0. The Kier molecular flexibility index (Phi) is 7.24. The van der Waals surface area contributed by atoms with Gasteiger partial charge in [-0.3, -0.25) is 4.79 Å². The van der Waals surface area contributed by atoms with E-state index in [1.165, 1.54) is 21.0 Å². The molecule has 0 aliphatic carbocycles. The Bertz CT molecular complexity index is 1090. The zero-order chi connectivity index (χ0) is 20.3. The third-order valence-electron chi connectivity index (χ3n) is 4.34. The van der Waals surface area contributed by atoms with Crippen LogP contribution in [-0.4, -0.2) is 44.3 Å². The molecule has 0 saturated heterocycles. The van der Waals surface area contributed by atoms with Crippen molar-refractivity contribution >= 4 is 28.3 Å². The van der Waals surface area contributed by atoms with Gasteiger partial charge < -0.3 is 10.2 Å². The lowest BCUT2D eigenvalue weighted by atomic mass is 10.1. The van der Waals surface area contributed by atoms with Crippen LogP contribution in [-0.2, 0) is 16.6 Å². The number of rotatable bonds is 6. The molecule has 3 rings (SSSR count). The molecule has 0 radical (unpaired) electrons. The first kappa shape index (κ1) is 22.7. The van der Waals surface area contributed by atoms with Gasteiger partial charge in [0.05, 0.1) is 10.6 Å². The Morgan fingerprint density at radius 2 is 1.72 bits per heavy atom. The Balaban J connectivity index is 0.00000300. The number of hydrogen-bond donors (Lipinski definition) is 1. The molecule has 0 aliphatic rings. The van der Waals surface area contributed by atoms with Gasteiger partial charge in [0.1, 0.15) is 0 Å². The van der Waals surface area contributed by atoms with Gasteiger partial charge in [-0.1, -0.05) is 36.4 Å². The number of amides is 1. The van der Waals surface area contributed by atoms with Crippen LogP contribution in [0.3, 0.4) is 0 Å². The molecule has 1 amide bonds. The third-order valence-corrected chi connectivity index (χ3v) is 6.01. The van der Waals surface area contributed by atoms with Crippen molar-refractivity contribution in [2.45, 2.75) is 11.4 Å². The Labute approximate surface area is 177 Å². The first-order valence-electron chi connectivity index (χ1n) is 8.83. The summed E-state index contributed by atoms with van der Waals surface area (Å²) in [6.07, 6.45) is 1.62. The summed E-state index contributed by atoms with van der Waals surface area (Å²) < 4.78 is 28.1. The Morgan fingerprint density at radius 1 is 1.03 bits per heavy atom. The monoisotopic (exact) mass is 433 g/mol. The molecule has 29 heavy (non-hydrogen) atoms. The lowest BCUT2D eigenvalue weighted by Gasteiger charge is -2.13. The Morgan fingerprint density at radius 3 is 2.34 bits per heavy atom. The van der Waals surface area contributed by atoms with Crippen LogP contribution in [0.2, 0.25) is 0 Å². The molecule has 0 unspecified atom stereocenters. The molecule has 0 spiro atoms. The average molecular weight is 434 g/mol. The smallest absolute Gasteiger partial charge is 0.268 e. The van der Waals surface area contributed by atoms with Crippen molar-refractivity contribution in [3.63, 3.8) is 0 Å². The van der Waals surface area contributed by atoms with Crippen LogP contribution in [0.5, 0.6) is 0 Å². The summed E-state index contributed by atoms with van der Waals surface area (Å²) in [5.74, 6) is -0.247. The van der Waals surface area contributed by atoms with Crippen molar-refractivity contribution in [3.8, 4) is 11.3 Å².